The number of Topliss-reactive ketones (excluding diaryl/α,β-unsaturated/α-hetero) is 1. The first-order chi connectivity index (χ1) is 12.1. The summed E-state index contributed by atoms with van der Waals surface area (Å²) in [5.41, 5.74) is 2.14. The number of carbonyl (C=O) groups excluding carboxylic acids is 1. The first-order valence-electron chi connectivity index (χ1n) is 8.55. The van der Waals surface area contributed by atoms with E-state index in [1.165, 1.54) is 6.07 Å². The quantitative estimate of drug-likeness (QED) is 0.754. The van der Waals surface area contributed by atoms with Gasteiger partial charge in [-0.2, -0.15) is 0 Å². The SMILES string of the molecule is CCC(=O)CCN1CC(c2cc(F)ccc2F)=C[C@H]1c1ccccc1. The number of hydrogen-bond acceptors (Lipinski definition) is 2. The molecule has 1 heterocycles. The molecule has 0 aliphatic carbocycles. The highest BCUT2D eigenvalue weighted by Gasteiger charge is 2.28. The predicted molar refractivity (Wildman–Crippen MR) is 95.0 cm³/mol. The Kier molecular flexibility index (Phi) is 5.39. The highest BCUT2D eigenvalue weighted by molar-refractivity contribution is 5.78. The number of ketones is 1. The van der Waals surface area contributed by atoms with E-state index in [1.807, 2.05) is 43.3 Å². The van der Waals surface area contributed by atoms with Crippen molar-refractivity contribution in [3.8, 4) is 0 Å². The number of rotatable bonds is 6. The zero-order valence-corrected chi connectivity index (χ0v) is 14.2. The molecule has 0 saturated carbocycles. The molecule has 1 aliphatic heterocycles. The largest absolute Gasteiger partial charge is 0.300 e. The van der Waals surface area contributed by atoms with Crippen molar-refractivity contribution in [1.82, 2.24) is 4.90 Å². The topological polar surface area (TPSA) is 20.3 Å². The lowest BCUT2D eigenvalue weighted by molar-refractivity contribution is -0.119. The molecule has 25 heavy (non-hydrogen) atoms. The van der Waals surface area contributed by atoms with E-state index in [1.54, 1.807) is 0 Å². The molecule has 130 valence electrons. The molecule has 3 rings (SSSR count). The monoisotopic (exact) mass is 341 g/mol. The zero-order valence-electron chi connectivity index (χ0n) is 14.2. The van der Waals surface area contributed by atoms with Gasteiger partial charge < -0.3 is 0 Å². The number of halogens is 2. The van der Waals surface area contributed by atoms with Crippen LogP contribution in [-0.4, -0.2) is 23.8 Å². The molecule has 1 aliphatic rings. The minimum absolute atomic E-state index is 0.0384. The molecule has 2 aromatic rings. The van der Waals surface area contributed by atoms with Crippen molar-refractivity contribution < 1.29 is 13.6 Å². The third kappa shape index (κ3) is 4.02. The van der Waals surface area contributed by atoms with Crippen molar-refractivity contribution in [2.75, 3.05) is 13.1 Å². The molecule has 2 nitrogen and oxygen atoms in total. The van der Waals surface area contributed by atoms with Gasteiger partial charge in [-0.25, -0.2) is 8.78 Å². The normalized spacial score (nSPS) is 17.6. The third-order valence-corrected chi connectivity index (χ3v) is 4.61. The number of nitrogens with zero attached hydrogens (tertiary/aromatic N) is 1. The van der Waals surface area contributed by atoms with E-state index in [9.17, 15) is 13.6 Å². The maximum atomic E-state index is 14.2. The molecule has 0 aromatic heterocycles. The first-order valence-corrected chi connectivity index (χ1v) is 8.55. The molecule has 0 spiro atoms. The third-order valence-electron chi connectivity index (χ3n) is 4.61. The van der Waals surface area contributed by atoms with Crippen LogP contribution in [0.2, 0.25) is 0 Å². The van der Waals surface area contributed by atoms with Gasteiger partial charge in [-0.3, -0.25) is 9.69 Å². The van der Waals surface area contributed by atoms with Gasteiger partial charge in [0.15, 0.2) is 0 Å². The number of carbonyl (C=O) groups is 1. The van der Waals surface area contributed by atoms with Crippen LogP contribution in [0.3, 0.4) is 0 Å². The van der Waals surface area contributed by atoms with E-state index in [0.717, 1.165) is 23.3 Å². The maximum absolute atomic E-state index is 14.2. The van der Waals surface area contributed by atoms with Crippen molar-refractivity contribution in [2.24, 2.45) is 0 Å². The van der Waals surface area contributed by atoms with E-state index in [-0.39, 0.29) is 11.8 Å². The van der Waals surface area contributed by atoms with Crippen LogP contribution in [0.5, 0.6) is 0 Å². The van der Waals surface area contributed by atoms with Gasteiger partial charge in [0.1, 0.15) is 17.4 Å². The first kappa shape index (κ1) is 17.5. The molecule has 0 saturated heterocycles. The van der Waals surface area contributed by atoms with Crippen LogP contribution in [0.1, 0.15) is 36.9 Å². The fourth-order valence-corrected chi connectivity index (χ4v) is 3.20. The molecular formula is C21H21F2NO. The maximum Gasteiger partial charge on any atom is 0.133 e. The summed E-state index contributed by atoms with van der Waals surface area (Å²) in [5.74, 6) is -0.670. The molecule has 2 aromatic carbocycles. The van der Waals surface area contributed by atoms with Gasteiger partial charge in [0.25, 0.3) is 0 Å². The second kappa shape index (κ2) is 7.70. The lowest BCUT2D eigenvalue weighted by Gasteiger charge is -2.24. The fraction of sp³-hybridized carbons (Fsp3) is 0.286. The lowest BCUT2D eigenvalue weighted by Crippen LogP contribution is -2.27. The number of hydrogen-bond donors (Lipinski definition) is 0. The second-order valence-electron chi connectivity index (χ2n) is 6.28. The van der Waals surface area contributed by atoms with E-state index in [0.29, 0.717) is 31.5 Å². The molecule has 0 fully saturated rings. The molecule has 0 unspecified atom stereocenters. The molecule has 1 atom stereocenters. The van der Waals surface area contributed by atoms with Gasteiger partial charge in [0.05, 0.1) is 6.04 Å². The summed E-state index contributed by atoms with van der Waals surface area (Å²) in [4.78, 5) is 13.9. The predicted octanol–water partition coefficient (Wildman–Crippen LogP) is 4.77. The smallest absolute Gasteiger partial charge is 0.133 e. The highest BCUT2D eigenvalue weighted by atomic mass is 19.1. The van der Waals surface area contributed by atoms with Gasteiger partial charge in [0, 0.05) is 31.5 Å². The lowest BCUT2D eigenvalue weighted by atomic mass is 10.0. The Hall–Kier alpha value is -2.33. The van der Waals surface area contributed by atoms with E-state index in [4.69, 9.17) is 0 Å². The summed E-state index contributed by atoms with van der Waals surface area (Å²) < 4.78 is 27.7. The van der Waals surface area contributed by atoms with Crippen molar-refractivity contribution in [3.63, 3.8) is 0 Å². The molecule has 4 heteroatoms. The zero-order chi connectivity index (χ0) is 17.8. The highest BCUT2D eigenvalue weighted by Crippen LogP contribution is 2.35. The summed E-state index contributed by atoms with van der Waals surface area (Å²) in [6, 6.07) is 13.4. The van der Waals surface area contributed by atoms with E-state index in [2.05, 4.69) is 4.90 Å². The molecule has 0 N–H and O–H groups in total. The van der Waals surface area contributed by atoms with Crippen molar-refractivity contribution in [2.45, 2.75) is 25.8 Å². The minimum Gasteiger partial charge on any atom is -0.300 e. The Morgan fingerprint density at radius 2 is 1.92 bits per heavy atom. The molecule has 0 bridgehead atoms. The minimum atomic E-state index is -0.451. The van der Waals surface area contributed by atoms with Crippen molar-refractivity contribution >= 4 is 11.4 Å². The van der Waals surface area contributed by atoms with Crippen LogP contribution in [0, 0.1) is 11.6 Å². The Balaban J connectivity index is 1.90. The van der Waals surface area contributed by atoms with Crippen LogP contribution in [0.15, 0.2) is 54.6 Å². The fourth-order valence-electron chi connectivity index (χ4n) is 3.20. The summed E-state index contributed by atoms with van der Waals surface area (Å²) in [6.07, 6.45) is 2.96. The summed E-state index contributed by atoms with van der Waals surface area (Å²) in [5, 5.41) is 0. The van der Waals surface area contributed by atoms with E-state index < -0.39 is 11.6 Å². The molecule has 0 amide bonds. The van der Waals surface area contributed by atoms with Gasteiger partial charge in [-0.1, -0.05) is 43.3 Å². The van der Waals surface area contributed by atoms with Gasteiger partial charge in [0.2, 0.25) is 0 Å². The van der Waals surface area contributed by atoms with Crippen molar-refractivity contribution in [3.05, 3.63) is 77.4 Å². The Bertz CT molecular complexity index is 786. The van der Waals surface area contributed by atoms with Crippen LogP contribution in [-0.2, 0) is 4.79 Å². The van der Waals surface area contributed by atoms with Crippen LogP contribution in [0.25, 0.3) is 5.57 Å². The molecule has 0 radical (unpaired) electrons. The Labute approximate surface area is 146 Å². The van der Waals surface area contributed by atoms with Crippen molar-refractivity contribution in [1.29, 1.82) is 0 Å². The summed E-state index contributed by atoms with van der Waals surface area (Å²) in [7, 11) is 0. The van der Waals surface area contributed by atoms with Crippen LogP contribution < -0.4 is 0 Å². The van der Waals surface area contributed by atoms with Crippen LogP contribution in [0.4, 0.5) is 8.78 Å². The van der Waals surface area contributed by atoms with Gasteiger partial charge in [-0.05, 0) is 29.3 Å². The Morgan fingerprint density at radius 3 is 2.64 bits per heavy atom. The average molecular weight is 341 g/mol. The summed E-state index contributed by atoms with van der Waals surface area (Å²) >= 11 is 0. The Morgan fingerprint density at radius 1 is 1.16 bits per heavy atom. The van der Waals surface area contributed by atoms with Gasteiger partial charge in [-0.15, -0.1) is 0 Å². The van der Waals surface area contributed by atoms with E-state index >= 15 is 0 Å². The summed E-state index contributed by atoms with van der Waals surface area (Å²) in [6.45, 7) is 2.95. The standard InChI is InChI=1S/C21H21F2NO/c1-2-18(25)10-11-24-14-16(19-13-17(22)8-9-20(19)23)12-21(24)15-6-4-3-5-7-15/h3-9,12-13,21H,2,10-11,14H2,1H3/t21-/m0/s1. The number of benzene rings is 2. The average Bonchev–Trinajstić information content (AvgIpc) is 3.06. The second-order valence-corrected chi connectivity index (χ2v) is 6.28. The van der Waals surface area contributed by atoms with Gasteiger partial charge >= 0.3 is 0 Å². The van der Waals surface area contributed by atoms with Crippen LogP contribution >= 0.6 is 0 Å². The molecular weight excluding hydrogens is 320 g/mol.